The predicted octanol–water partition coefficient (Wildman–Crippen LogP) is 4.82. The summed E-state index contributed by atoms with van der Waals surface area (Å²) in [6, 6.07) is 13.9. The molecule has 3 heterocycles. The van der Waals surface area contributed by atoms with Crippen LogP contribution in [0.25, 0.3) is 11.0 Å². The van der Waals surface area contributed by atoms with Crippen molar-refractivity contribution in [2.45, 2.75) is 26.8 Å². The minimum atomic E-state index is -0.686. The van der Waals surface area contributed by atoms with Crippen LogP contribution in [0.4, 0.5) is 5.13 Å². The molecule has 0 N–H and O–H groups in total. The van der Waals surface area contributed by atoms with Crippen molar-refractivity contribution < 1.29 is 14.0 Å². The van der Waals surface area contributed by atoms with Gasteiger partial charge in [0.2, 0.25) is 5.76 Å². The molecule has 6 nitrogen and oxygen atoms in total. The third kappa shape index (κ3) is 2.92. The molecule has 0 saturated heterocycles. The molecule has 0 bridgehead atoms. The maximum absolute atomic E-state index is 13.5. The third-order valence-electron chi connectivity index (χ3n) is 5.48. The minimum absolute atomic E-state index is 0.0199. The maximum atomic E-state index is 13.5. The topological polar surface area (TPSA) is 80.5 Å². The van der Waals surface area contributed by atoms with Crippen LogP contribution in [-0.2, 0) is 0 Å². The molecule has 31 heavy (non-hydrogen) atoms. The van der Waals surface area contributed by atoms with Crippen molar-refractivity contribution in [1.29, 1.82) is 0 Å². The van der Waals surface area contributed by atoms with Gasteiger partial charge in [-0.1, -0.05) is 53.3 Å². The number of aromatic nitrogens is 1. The van der Waals surface area contributed by atoms with Gasteiger partial charge in [0, 0.05) is 6.92 Å². The Bertz CT molecular complexity index is 1430. The number of carbonyl (C=O) groups excluding carboxylic acids is 2. The molecule has 5 rings (SSSR count). The Morgan fingerprint density at radius 1 is 1.06 bits per heavy atom. The molecule has 0 spiro atoms. The number of hydrogen-bond acceptors (Lipinski definition) is 6. The summed E-state index contributed by atoms with van der Waals surface area (Å²) in [6.07, 6.45) is 0. The number of aryl methyl sites for hydroxylation is 2. The van der Waals surface area contributed by atoms with Gasteiger partial charge in [-0.05, 0) is 31.5 Å². The first-order chi connectivity index (χ1) is 14.9. The van der Waals surface area contributed by atoms with E-state index in [0.717, 1.165) is 22.5 Å². The van der Waals surface area contributed by atoms with Gasteiger partial charge < -0.3 is 4.42 Å². The second-order valence-electron chi connectivity index (χ2n) is 7.63. The first-order valence-electron chi connectivity index (χ1n) is 9.81. The summed E-state index contributed by atoms with van der Waals surface area (Å²) >= 11 is 1.15. The number of nitrogens with zero attached hydrogens (tertiary/aromatic N) is 2. The minimum Gasteiger partial charge on any atom is -0.450 e. The molecule has 2 aromatic carbocycles. The number of hydrogen-bond donors (Lipinski definition) is 0. The average Bonchev–Trinajstić information content (AvgIpc) is 3.27. The lowest BCUT2D eigenvalue weighted by molar-refractivity contribution is 0.0969. The van der Waals surface area contributed by atoms with Crippen LogP contribution in [0.5, 0.6) is 0 Å². The molecule has 0 radical (unpaired) electrons. The molecule has 0 fully saturated rings. The number of fused-ring (bicyclic) bond motifs is 2. The predicted molar refractivity (Wildman–Crippen MR) is 119 cm³/mol. The highest BCUT2D eigenvalue weighted by molar-refractivity contribution is 7.17. The molecule has 4 aromatic rings. The highest BCUT2D eigenvalue weighted by Gasteiger charge is 2.45. The zero-order valence-corrected chi connectivity index (χ0v) is 17.9. The smallest absolute Gasteiger partial charge is 0.297 e. The van der Waals surface area contributed by atoms with E-state index in [0.29, 0.717) is 32.2 Å². The van der Waals surface area contributed by atoms with Gasteiger partial charge in [-0.15, -0.1) is 0 Å². The van der Waals surface area contributed by atoms with Crippen LogP contribution in [-0.4, -0.2) is 16.7 Å². The summed E-state index contributed by atoms with van der Waals surface area (Å²) in [4.78, 5) is 45.4. The van der Waals surface area contributed by atoms with Gasteiger partial charge in [0.15, 0.2) is 16.3 Å². The second-order valence-corrected chi connectivity index (χ2v) is 8.60. The van der Waals surface area contributed by atoms with Gasteiger partial charge in [0.1, 0.15) is 5.58 Å². The SMILES string of the molecule is CC(=O)c1sc(N2C(=O)c3oc4ccccc4c(=O)c3C2c2ccc(C)cc2)nc1C. The van der Waals surface area contributed by atoms with Crippen molar-refractivity contribution in [2.24, 2.45) is 0 Å². The second kappa shape index (κ2) is 6.99. The number of Topliss-reactive ketones (excluding diaryl/α,β-unsaturated/α-hetero) is 1. The van der Waals surface area contributed by atoms with Crippen molar-refractivity contribution >= 4 is 39.1 Å². The summed E-state index contributed by atoms with van der Waals surface area (Å²) in [6.45, 7) is 5.18. The van der Waals surface area contributed by atoms with Gasteiger partial charge in [0.25, 0.3) is 5.91 Å². The fraction of sp³-hybridized carbons (Fsp3) is 0.167. The average molecular weight is 430 g/mol. The van der Waals surface area contributed by atoms with Gasteiger partial charge in [0.05, 0.1) is 27.6 Å². The number of amides is 1. The molecule has 2 aromatic heterocycles. The molecule has 1 aliphatic rings. The first-order valence-corrected chi connectivity index (χ1v) is 10.6. The molecule has 1 unspecified atom stereocenters. The fourth-order valence-corrected chi connectivity index (χ4v) is 4.98. The lowest BCUT2D eigenvalue weighted by atomic mass is 9.98. The van der Waals surface area contributed by atoms with Crippen molar-refractivity contribution in [3.05, 3.63) is 91.8 Å². The monoisotopic (exact) mass is 430 g/mol. The molecular formula is C24H18N2O4S. The number of carbonyl (C=O) groups is 2. The molecular weight excluding hydrogens is 412 g/mol. The van der Waals surface area contributed by atoms with Crippen LogP contribution in [0.15, 0.2) is 57.7 Å². The molecule has 0 saturated carbocycles. The van der Waals surface area contributed by atoms with Crippen LogP contribution in [0.1, 0.15) is 55.6 Å². The largest absolute Gasteiger partial charge is 0.450 e. The number of benzene rings is 2. The van der Waals surface area contributed by atoms with Crippen LogP contribution < -0.4 is 10.3 Å². The molecule has 7 heteroatoms. The van der Waals surface area contributed by atoms with E-state index in [2.05, 4.69) is 4.98 Å². The van der Waals surface area contributed by atoms with E-state index in [9.17, 15) is 14.4 Å². The summed E-state index contributed by atoms with van der Waals surface area (Å²) in [5, 5.41) is 0.792. The van der Waals surface area contributed by atoms with Crippen LogP contribution >= 0.6 is 11.3 Å². The van der Waals surface area contributed by atoms with E-state index in [-0.39, 0.29) is 17.0 Å². The van der Waals surface area contributed by atoms with Crippen LogP contribution in [0.3, 0.4) is 0 Å². The summed E-state index contributed by atoms with van der Waals surface area (Å²) < 4.78 is 5.93. The lowest BCUT2D eigenvalue weighted by Crippen LogP contribution is -2.29. The molecule has 1 amide bonds. The van der Waals surface area contributed by atoms with E-state index in [1.165, 1.54) is 11.8 Å². The number of thiazole rings is 1. The van der Waals surface area contributed by atoms with Gasteiger partial charge in [-0.2, -0.15) is 0 Å². The number of rotatable bonds is 3. The Morgan fingerprint density at radius 3 is 2.45 bits per heavy atom. The van der Waals surface area contributed by atoms with E-state index in [4.69, 9.17) is 4.42 Å². The Balaban J connectivity index is 1.80. The number of ketones is 1. The molecule has 1 aliphatic heterocycles. The standard InChI is InChI=1S/C24H18N2O4S/c1-12-8-10-15(11-9-12)19-18-20(28)16-6-4-5-7-17(16)30-21(18)23(29)26(19)24-25-13(2)22(31-24)14(3)27/h4-11,19H,1-3H3. The van der Waals surface area contributed by atoms with E-state index >= 15 is 0 Å². The lowest BCUT2D eigenvalue weighted by Gasteiger charge is -2.22. The van der Waals surface area contributed by atoms with Gasteiger partial charge in [-0.3, -0.25) is 19.3 Å². The first kappa shape index (κ1) is 19.4. The summed E-state index contributed by atoms with van der Waals surface area (Å²) in [5.41, 5.74) is 2.82. The molecule has 154 valence electrons. The van der Waals surface area contributed by atoms with Crippen molar-refractivity contribution in [3.8, 4) is 0 Å². The Kier molecular flexibility index (Phi) is 4.37. The van der Waals surface area contributed by atoms with E-state index < -0.39 is 11.9 Å². The Hall–Kier alpha value is -3.58. The van der Waals surface area contributed by atoms with Gasteiger partial charge in [-0.25, -0.2) is 4.98 Å². The zero-order chi connectivity index (χ0) is 21.9. The quantitative estimate of drug-likeness (QED) is 0.436. The molecule has 1 atom stereocenters. The van der Waals surface area contributed by atoms with Crippen LogP contribution in [0, 0.1) is 13.8 Å². The van der Waals surface area contributed by atoms with Crippen molar-refractivity contribution in [2.75, 3.05) is 4.90 Å². The van der Waals surface area contributed by atoms with Gasteiger partial charge >= 0.3 is 0 Å². The Morgan fingerprint density at radius 2 is 1.77 bits per heavy atom. The fourth-order valence-electron chi connectivity index (χ4n) is 3.99. The highest BCUT2D eigenvalue weighted by Crippen LogP contribution is 2.43. The summed E-state index contributed by atoms with van der Waals surface area (Å²) in [7, 11) is 0. The number of para-hydroxylation sites is 1. The number of anilines is 1. The highest BCUT2D eigenvalue weighted by atomic mass is 32.1. The maximum Gasteiger partial charge on any atom is 0.297 e. The third-order valence-corrected chi connectivity index (χ3v) is 6.74. The zero-order valence-electron chi connectivity index (χ0n) is 17.1. The van der Waals surface area contributed by atoms with Crippen LogP contribution in [0.2, 0.25) is 0 Å². The van der Waals surface area contributed by atoms with E-state index in [1.54, 1.807) is 31.2 Å². The van der Waals surface area contributed by atoms with Crippen molar-refractivity contribution in [1.82, 2.24) is 4.98 Å². The molecule has 0 aliphatic carbocycles. The van der Waals surface area contributed by atoms with Crippen molar-refractivity contribution in [3.63, 3.8) is 0 Å². The Labute approximate surface area is 181 Å². The van der Waals surface area contributed by atoms with E-state index in [1.807, 2.05) is 31.2 Å². The summed E-state index contributed by atoms with van der Waals surface area (Å²) in [5.74, 6) is -0.531. The normalized spacial score (nSPS) is 15.5.